The summed E-state index contributed by atoms with van der Waals surface area (Å²) in [6.07, 6.45) is 3.13. The van der Waals surface area contributed by atoms with Gasteiger partial charge < -0.3 is 15.0 Å². The van der Waals surface area contributed by atoms with Crippen LogP contribution in [0.4, 0.5) is 0 Å². The van der Waals surface area contributed by atoms with E-state index in [1.54, 1.807) is 0 Å². The van der Waals surface area contributed by atoms with Gasteiger partial charge in [0.2, 0.25) is 5.91 Å². The summed E-state index contributed by atoms with van der Waals surface area (Å²) in [5, 5.41) is 3.53. The van der Waals surface area contributed by atoms with Crippen LogP contribution in [0.2, 0.25) is 0 Å². The number of hydrogen-bond donors (Lipinski definition) is 1. The van der Waals surface area contributed by atoms with E-state index in [2.05, 4.69) is 76.9 Å². The first-order valence-corrected chi connectivity index (χ1v) is 12.6. The van der Waals surface area contributed by atoms with Crippen LogP contribution in [0.5, 0.6) is 5.75 Å². The molecule has 34 heavy (non-hydrogen) atoms. The lowest BCUT2D eigenvalue weighted by atomic mass is 9.83. The topological polar surface area (TPSA) is 41.6 Å². The molecular weight excluding hydrogens is 420 g/mol. The Balaban J connectivity index is 1.37. The monoisotopic (exact) mass is 454 g/mol. The molecule has 4 nitrogen and oxygen atoms in total. The van der Waals surface area contributed by atoms with Crippen molar-refractivity contribution in [3.8, 4) is 16.9 Å². The Labute approximate surface area is 202 Å². The molecule has 0 aromatic heterocycles. The van der Waals surface area contributed by atoms with E-state index >= 15 is 0 Å². The summed E-state index contributed by atoms with van der Waals surface area (Å²) >= 11 is 0. The van der Waals surface area contributed by atoms with Gasteiger partial charge in [0.05, 0.1) is 12.5 Å². The van der Waals surface area contributed by atoms with Gasteiger partial charge in [0, 0.05) is 31.6 Å². The number of nitrogens with zero attached hydrogens (tertiary/aromatic N) is 1. The molecule has 0 bridgehead atoms. The number of ether oxygens (including phenoxy) is 1. The minimum absolute atomic E-state index is 0.0276. The van der Waals surface area contributed by atoms with Gasteiger partial charge in [-0.2, -0.15) is 0 Å². The highest BCUT2D eigenvalue weighted by Crippen LogP contribution is 2.38. The van der Waals surface area contributed by atoms with E-state index in [1.807, 2.05) is 19.1 Å². The minimum atomic E-state index is -0.0276. The van der Waals surface area contributed by atoms with Crippen LogP contribution in [0.3, 0.4) is 0 Å². The van der Waals surface area contributed by atoms with Gasteiger partial charge in [0.1, 0.15) is 5.75 Å². The van der Waals surface area contributed by atoms with Gasteiger partial charge in [-0.15, -0.1) is 0 Å². The highest BCUT2D eigenvalue weighted by atomic mass is 16.5. The highest BCUT2D eigenvalue weighted by Gasteiger charge is 2.40. The summed E-state index contributed by atoms with van der Waals surface area (Å²) in [7, 11) is 0. The molecule has 3 aromatic carbocycles. The fourth-order valence-electron chi connectivity index (χ4n) is 5.68. The van der Waals surface area contributed by atoms with E-state index in [0.717, 1.165) is 44.6 Å². The van der Waals surface area contributed by atoms with E-state index in [-0.39, 0.29) is 11.8 Å². The molecule has 1 unspecified atom stereocenters. The molecule has 0 saturated carbocycles. The van der Waals surface area contributed by atoms with Crippen molar-refractivity contribution in [2.75, 3.05) is 26.2 Å². The Bertz CT molecular complexity index is 1100. The third kappa shape index (κ3) is 4.74. The molecule has 1 N–H and O–H groups in total. The van der Waals surface area contributed by atoms with Crippen molar-refractivity contribution in [2.24, 2.45) is 5.92 Å². The van der Waals surface area contributed by atoms with Gasteiger partial charge in [-0.05, 0) is 60.6 Å². The van der Waals surface area contributed by atoms with Crippen LogP contribution < -0.4 is 10.1 Å². The predicted molar refractivity (Wildman–Crippen MR) is 137 cm³/mol. The van der Waals surface area contributed by atoms with Crippen molar-refractivity contribution in [3.05, 3.63) is 90.0 Å². The lowest BCUT2D eigenvalue weighted by Gasteiger charge is -2.30. The maximum atomic E-state index is 13.9. The highest BCUT2D eigenvalue weighted by molar-refractivity contribution is 5.82. The average molecular weight is 455 g/mol. The number of carbonyl (C=O) groups is 1. The van der Waals surface area contributed by atoms with E-state index in [9.17, 15) is 4.79 Å². The second kappa shape index (κ2) is 10.4. The summed E-state index contributed by atoms with van der Waals surface area (Å²) in [4.78, 5) is 16.0. The molecule has 3 aromatic rings. The number of rotatable bonds is 7. The van der Waals surface area contributed by atoms with Crippen LogP contribution in [-0.4, -0.2) is 43.1 Å². The van der Waals surface area contributed by atoms with Gasteiger partial charge in [-0.25, -0.2) is 0 Å². The summed E-state index contributed by atoms with van der Waals surface area (Å²) in [5.74, 6) is 1.35. The third-order valence-corrected chi connectivity index (χ3v) is 7.34. The maximum absolute atomic E-state index is 13.9. The second-order valence-corrected chi connectivity index (χ2v) is 9.43. The Kier molecular flexibility index (Phi) is 6.96. The molecule has 2 heterocycles. The van der Waals surface area contributed by atoms with Crippen molar-refractivity contribution in [2.45, 2.75) is 38.1 Å². The molecule has 1 amide bonds. The first-order chi connectivity index (χ1) is 16.7. The van der Waals surface area contributed by atoms with Gasteiger partial charge in [0.25, 0.3) is 0 Å². The maximum Gasteiger partial charge on any atom is 0.227 e. The van der Waals surface area contributed by atoms with E-state index in [0.29, 0.717) is 18.6 Å². The third-order valence-electron chi connectivity index (χ3n) is 7.34. The van der Waals surface area contributed by atoms with Crippen molar-refractivity contribution >= 4 is 5.91 Å². The van der Waals surface area contributed by atoms with Gasteiger partial charge in [-0.1, -0.05) is 66.7 Å². The number of benzene rings is 3. The van der Waals surface area contributed by atoms with E-state index in [1.165, 1.54) is 22.3 Å². The van der Waals surface area contributed by atoms with Crippen LogP contribution in [0.15, 0.2) is 78.9 Å². The summed E-state index contributed by atoms with van der Waals surface area (Å²) in [6.45, 7) is 5.12. The Morgan fingerprint density at radius 2 is 1.74 bits per heavy atom. The molecule has 2 aliphatic rings. The van der Waals surface area contributed by atoms with Crippen LogP contribution in [0.1, 0.15) is 36.8 Å². The van der Waals surface area contributed by atoms with Crippen LogP contribution in [0, 0.1) is 5.92 Å². The first-order valence-electron chi connectivity index (χ1n) is 12.6. The van der Waals surface area contributed by atoms with Gasteiger partial charge in [0.15, 0.2) is 0 Å². The zero-order valence-electron chi connectivity index (χ0n) is 20.0. The molecule has 2 aliphatic heterocycles. The zero-order chi connectivity index (χ0) is 23.3. The number of hydrogen-bond acceptors (Lipinski definition) is 3. The normalized spacial score (nSPS) is 22.1. The van der Waals surface area contributed by atoms with Crippen LogP contribution in [0.25, 0.3) is 11.1 Å². The first kappa shape index (κ1) is 22.7. The van der Waals surface area contributed by atoms with E-state index in [4.69, 9.17) is 4.74 Å². The molecular formula is C30H34N2O2. The molecule has 4 heteroatoms. The lowest BCUT2D eigenvalue weighted by Crippen LogP contribution is -2.42. The number of carbonyl (C=O) groups excluding carboxylic acids is 1. The number of amides is 1. The number of nitrogens with one attached hydrogen (secondary N) is 1. The zero-order valence-corrected chi connectivity index (χ0v) is 20.0. The molecule has 2 fully saturated rings. The molecule has 0 spiro atoms. The SMILES string of the molecule is CCOc1ccc(-c2ccccc2[C@@H]2CNC[C@H]2C(=O)N2CCCC2Cc2ccccc2)cc1. The standard InChI is InChI=1S/C30H34N2O2/c1-2-34-25-16-14-23(15-17-25)26-12-6-7-13-27(26)28-20-31-21-29(28)30(33)32-18-8-11-24(32)19-22-9-4-3-5-10-22/h3-7,9-10,12-17,24,28-29,31H,2,8,11,18-21H2,1H3/t24?,28-,29+/m0/s1. The molecule has 3 atom stereocenters. The Morgan fingerprint density at radius 1 is 0.971 bits per heavy atom. The van der Waals surface area contributed by atoms with Crippen molar-refractivity contribution < 1.29 is 9.53 Å². The number of likely N-dealkylation sites (tertiary alicyclic amines) is 1. The Hall–Kier alpha value is -3.11. The molecule has 5 rings (SSSR count). The van der Waals surface area contributed by atoms with Crippen LogP contribution >= 0.6 is 0 Å². The van der Waals surface area contributed by atoms with Crippen LogP contribution in [-0.2, 0) is 11.2 Å². The molecule has 0 radical (unpaired) electrons. The van der Waals surface area contributed by atoms with Gasteiger partial charge >= 0.3 is 0 Å². The fourth-order valence-corrected chi connectivity index (χ4v) is 5.68. The fraction of sp³-hybridized carbons (Fsp3) is 0.367. The molecule has 0 aliphatic carbocycles. The second-order valence-electron chi connectivity index (χ2n) is 9.43. The summed E-state index contributed by atoms with van der Waals surface area (Å²) in [6, 6.07) is 27.8. The van der Waals surface area contributed by atoms with Crippen molar-refractivity contribution in [1.82, 2.24) is 10.2 Å². The quantitative estimate of drug-likeness (QED) is 0.528. The van der Waals surface area contributed by atoms with Crippen molar-refractivity contribution in [3.63, 3.8) is 0 Å². The predicted octanol–water partition coefficient (Wildman–Crippen LogP) is 5.29. The minimum Gasteiger partial charge on any atom is -0.494 e. The average Bonchev–Trinajstić information content (AvgIpc) is 3.55. The molecule has 176 valence electrons. The van der Waals surface area contributed by atoms with E-state index < -0.39 is 0 Å². The Morgan fingerprint density at radius 3 is 2.53 bits per heavy atom. The van der Waals surface area contributed by atoms with Gasteiger partial charge in [-0.3, -0.25) is 4.79 Å². The largest absolute Gasteiger partial charge is 0.494 e. The van der Waals surface area contributed by atoms with Crippen molar-refractivity contribution in [1.29, 1.82) is 0 Å². The summed E-state index contributed by atoms with van der Waals surface area (Å²) in [5.41, 5.74) is 4.95. The smallest absolute Gasteiger partial charge is 0.227 e. The lowest BCUT2D eigenvalue weighted by molar-refractivity contribution is -0.136. The summed E-state index contributed by atoms with van der Waals surface area (Å²) < 4.78 is 5.62. The molecule has 2 saturated heterocycles.